The summed E-state index contributed by atoms with van der Waals surface area (Å²) in [4.78, 5) is 29.4. The first-order chi connectivity index (χ1) is 11.9. The van der Waals surface area contributed by atoms with Gasteiger partial charge in [-0.25, -0.2) is 9.78 Å². The number of nitrogens with zero attached hydrogens (tertiary/aromatic N) is 1. The minimum Gasteiger partial charge on any atom is -0.462 e. The van der Waals surface area contributed by atoms with Gasteiger partial charge in [0, 0.05) is 5.56 Å². The molecule has 0 bridgehead atoms. The Morgan fingerprint density at radius 1 is 1.28 bits per heavy atom. The first-order valence-electron chi connectivity index (χ1n) is 8.22. The van der Waals surface area contributed by atoms with Gasteiger partial charge >= 0.3 is 5.97 Å². The number of thiazole rings is 1. The Labute approximate surface area is 151 Å². The van der Waals surface area contributed by atoms with Gasteiger partial charge < -0.3 is 15.8 Å². The molecule has 0 saturated heterocycles. The second kappa shape index (κ2) is 8.22. The number of carbonyl (C=O) groups is 2. The summed E-state index contributed by atoms with van der Waals surface area (Å²) >= 11 is 1.09. The zero-order chi connectivity index (χ0) is 18.4. The Kier molecular flexibility index (Phi) is 6.27. The molecule has 1 aromatic carbocycles. The Balaban J connectivity index is 2.35. The van der Waals surface area contributed by atoms with E-state index < -0.39 is 11.5 Å². The van der Waals surface area contributed by atoms with Gasteiger partial charge in [0.25, 0.3) is 0 Å². The van der Waals surface area contributed by atoms with Crippen molar-refractivity contribution in [3.63, 3.8) is 0 Å². The lowest BCUT2D eigenvalue weighted by Gasteiger charge is -2.21. The summed E-state index contributed by atoms with van der Waals surface area (Å²) in [5.41, 5.74) is 6.34. The summed E-state index contributed by atoms with van der Waals surface area (Å²) in [5.74, 6) is -0.776. The summed E-state index contributed by atoms with van der Waals surface area (Å²) in [6.45, 7) is 5.66. The highest BCUT2D eigenvalue weighted by Crippen LogP contribution is 2.32. The molecule has 0 aliphatic rings. The second-order valence-corrected chi connectivity index (χ2v) is 6.90. The van der Waals surface area contributed by atoms with E-state index in [1.54, 1.807) is 13.8 Å². The lowest BCUT2D eigenvalue weighted by molar-refractivity contribution is -0.120. The normalized spacial score (nSPS) is 13.1. The predicted octanol–water partition coefficient (Wildman–Crippen LogP) is 3.44. The lowest BCUT2D eigenvalue weighted by Crippen LogP contribution is -2.48. The number of carbonyl (C=O) groups excluding carboxylic acids is 2. The average Bonchev–Trinajstić information content (AvgIpc) is 3.00. The van der Waals surface area contributed by atoms with Crippen molar-refractivity contribution >= 4 is 28.3 Å². The molecule has 0 aliphatic heterocycles. The SMILES string of the molecule is CCCC(C)(N)C(=O)Nc1nc(-c2ccccc2)c(C(=O)OCC)s1. The van der Waals surface area contributed by atoms with Crippen LogP contribution in [0.5, 0.6) is 0 Å². The van der Waals surface area contributed by atoms with Gasteiger partial charge in [0.1, 0.15) is 4.88 Å². The summed E-state index contributed by atoms with van der Waals surface area (Å²) < 4.78 is 5.11. The van der Waals surface area contributed by atoms with Crippen LogP contribution in [0.15, 0.2) is 30.3 Å². The molecular formula is C18H23N3O3S. The Morgan fingerprint density at radius 3 is 2.56 bits per heavy atom. The molecule has 0 aliphatic carbocycles. The molecule has 0 saturated carbocycles. The maximum absolute atomic E-state index is 12.4. The van der Waals surface area contributed by atoms with E-state index in [9.17, 15) is 9.59 Å². The number of ether oxygens (including phenoxy) is 1. The molecule has 6 nitrogen and oxygen atoms in total. The van der Waals surface area contributed by atoms with E-state index >= 15 is 0 Å². The molecule has 1 atom stereocenters. The van der Waals surface area contributed by atoms with Crippen LogP contribution in [0, 0.1) is 0 Å². The van der Waals surface area contributed by atoms with E-state index in [1.165, 1.54) is 0 Å². The Hall–Kier alpha value is -2.25. The van der Waals surface area contributed by atoms with Crippen molar-refractivity contribution in [1.82, 2.24) is 4.98 Å². The lowest BCUT2D eigenvalue weighted by atomic mass is 9.97. The third-order valence-corrected chi connectivity index (χ3v) is 4.59. The third kappa shape index (κ3) is 4.64. The van der Waals surface area contributed by atoms with Crippen molar-refractivity contribution in [2.45, 2.75) is 39.2 Å². The van der Waals surface area contributed by atoms with Gasteiger partial charge in [0.05, 0.1) is 17.8 Å². The molecule has 1 heterocycles. The van der Waals surface area contributed by atoms with Crippen LogP contribution in [0.4, 0.5) is 5.13 Å². The van der Waals surface area contributed by atoms with Gasteiger partial charge in [-0.2, -0.15) is 0 Å². The largest absolute Gasteiger partial charge is 0.462 e. The molecule has 3 N–H and O–H groups in total. The van der Waals surface area contributed by atoms with Crippen molar-refractivity contribution in [3.05, 3.63) is 35.2 Å². The van der Waals surface area contributed by atoms with Gasteiger partial charge in [-0.3, -0.25) is 4.79 Å². The van der Waals surface area contributed by atoms with Crippen LogP contribution < -0.4 is 11.1 Å². The number of anilines is 1. The van der Waals surface area contributed by atoms with Gasteiger partial charge in [-0.05, 0) is 20.3 Å². The monoisotopic (exact) mass is 361 g/mol. The van der Waals surface area contributed by atoms with Crippen molar-refractivity contribution in [2.24, 2.45) is 5.73 Å². The van der Waals surface area contributed by atoms with Crippen LogP contribution in [-0.2, 0) is 9.53 Å². The highest BCUT2D eigenvalue weighted by molar-refractivity contribution is 7.18. The highest BCUT2D eigenvalue weighted by Gasteiger charge is 2.29. The van der Waals surface area contributed by atoms with Crippen LogP contribution in [0.2, 0.25) is 0 Å². The van der Waals surface area contributed by atoms with Gasteiger partial charge in [0.15, 0.2) is 5.13 Å². The van der Waals surface area contributed by atoms with Gasteiger partial charge in [-0.1, -0.05) is 55.0 Å². The summed E-state index contributed by atoms with van der Waals surface area (Å²) in [5, 5.41) is 3.06. The smallest absolute Gasteiger partial charge is 0.350 e. The zero-order valence-electron chi connectivity index (χ0n) is 14.7. The van der Waals surface area contributed by atoms with Crippen molar-refractivity contribution in [3.8, 4) is 11.3 Å². The summed E-state index contributed by atoms with van der Waals surface area (Å²) in [6.07, 6.45) is 1.35. The fraction of sp³-hybridized carbons (Fsp3) is 0.389. The molecule has 1 unspecified atom stereocenters. The quantitative estimate of drug-likeness (QED) is 0.737. The first kappa shape index (κ1) is 19.1. The van der Waals surface area contributed by atoms with Gasteiger partial charge in [-0.15, -0.1) is 0 Å². The zero-order valence-corrected chi connectivity index (χ0v) is 15.5. The van der Waals surface area contributed by atoms with Gasteiger partial charge in [0.2, 0.25) is 5.91 Å². The number of nitrogens with two attached hydrogens (primary N) is 1. The number of amides is 1. The summed E-state index contributed by atoms with van der Waals surface area (Å²) in [7, 11) is 0. The van der Waals surface area contributed by atoms with Crippen LogP contribution >= 0.6 is 11.3 Å². The molecule has 0 radical (unpaired) electrons. The van der Waals surface area contributed by atoms with Crippen molar-refractivity contribution < 1.29 is 14.3 Å². The minimum absolute atomic E-state index is 0.268. The molecule has 2 rings (SSSR count). The molecular weight excluding hydrogens is 338 g/mol. The van der Waals surface area contributed by atoms with E-state index in [-0.39, 0.29) is 12.5 Å². The number of hydrogen-bond acceptors (Lipinski definition) is 6. The molecule has 0 fully saturated rings. The number of esters is 1. The van der Waals surface area contributed by atoms with Crippen molar-refractivity contribution in [2.75, 3.05) is 11.9 Å². The number of rotatable bonds is 7. The molecule has 7 heteroatoms. The molecule has 1 aromatic heterocycles. The molecule has 1 amide bonds. The van der Waals surface area contributed by atoms with Crippen LogP contribution in [-0.4, -0.2) is 29.0 Å². The fourth-order valence-corrected chi connectivity index (χ4v) is 3.25. The molecule has 134 valence electrons. The Morgan fingerprint density at radius 2 is 1.96 bits per heavy atom. The van der Waals surface area contributed by atoms with Crippen LogP contribution in [0.3, 0.4) is 0 Å². The van der Waals surface area contributed by atoms with E-state index in [1.807, 2.05) is 37.3 Å². The van der Waals surface area contributed by atoms with Crippen LogP contribution in [0.1, 0.15) is 43.3 Å². The Bertz CT molecular complexity index is 741. The van der Waals surface area contributed by atoms with Crippen molar-refractivity contribution in [1.29, 1.82) is 0 Å². The average molecular weight is 361 g/mol. The fourth-order valence-electron chi connectivity index (χ4n) is 2.37. The number of aromatic nitrogens is 1. The maximum Gasteiger partial charge on any atom is 0.350 e. The molecule has 25 heavy (non-hydrogen) atoms. The standard InChI is InChI=1S/C18H23N3O3S/c1-4-11-18(3,19)16(23)21-17-20-13(12-9-7-6-8-10-12)14(25-17)15(22)24-5-2/h6-10H,4-5,11,19H2,1-3H3,(H,20,21,23). The van der Waals surface area contributed by atoms with E-state index in [0.717, 1.165) is 23.3 Å². The molecule has 2 aromatic rings. The third-order valence-electron chi connectivity index (χ3n) is 3.64. The highest BCUT2D eigenvalue weighted by atomic mass is 32.1. The van der Waals surface area contributed by atoms with E-state index in [0.29, 0.717) is 22.1 Å². The number of nitrogens with one attached hydrogen (secondary N) is 1. The number of hydrogen-bond donors (Lipinski definition) is 2. The first-order valence-corrected chi connectivity index (χ1v) is 9.04. The number of benzene rings is 1. The van der Waals surface area contributed by atoms with E-state index in [4.69, 9.17) is 10.5 Å². The van der Waals surface area contributed by atoms with E-state index in [2.05, 4.69) is 10.3 Å². The molecule has 0 spiro atoms. The van der Waals surface area contributed by atoms with Crippen LogP contribution in [0.25, 0.3) is 11.3 Å². The maximum atomic E-state index is 12.4. The second-order valence-electron chi connectivity index (χ2n) is 5.90. The minimum atomic E-state index is -0.989. The summed E-state index contributed by atoms with van der Waals surface area (Å²) in [6, 6.07) is 9.31. The topological polar surface area (TPSA) is 94.3 Å². The predicted molar refractivity (Wildman–Crippen MR) is 99.6 cm³/mol.